The fourth-order valence-corrected chi connectivity index (χ4v) is 1.78. The van der Waals surface area contributed by atoms with E-state index >= 15 is 0 Å². The summed E-state index contributed by atoms with van der Waals surface area (Å²) in [4.78, 5) is 15.7. The highest BCUT2D eigenvalue weighted by atomic mass is 79.9. The van der Waals surface area contributed by atoms with Gasteiger partial charge in [0, 0.05) is 6.20 Å². The number of pyridine rings is 1. The monoisotopic (exact) mass is 344 g/mol. The van der Waals surface area contributed by atoms with Crippen LogP contribution in [0.2, 0.25) is 0 Å². The van der Waals surface area contributed by atoms with Gasteiger partial charge >= 0.3 is 6.18 Å². The molecule has 1 amide bonds. The molecule has 0 saturated heterocycles. The molecule has 0 atom stereocenters. The molecule has 1 N–H and O–H groups in total. The van der Waals surface area contributed by atoms with Gasteiger partial charge in [0.05, 0.1) is 16.8 Å². The molecule has 0 saturated carbocycles. The quantitative estimate of drug-likeness (QED) is 0.833. The molecule has 0 spiro atoms. The third-order valence-electron chi connectivity index (χ3n) is 2.47. The molecule has 20 heavy (non-hydrogen) atoms. The summed E-state index contributed by atoms with van der Waals surface area (Å²) in [5.41, 5.74) is -1.00. The van der Waals surface area contributed by atoms with Crippen LogP contribution in [0, 0.1) is 0 Å². The third kappa shape index (κ3) is 3.36. The Kier molecular flexibility index (Phi) is 4.08. The summed E-state index contributed by atoms with van der Waals surface area (Å²) < 4.78 is 38.9. The first-order chi connectivity index (χ1) is 9.38. The predicted octanol–water partition coefficient (Wildman–Crippen LogP) is 4.12. The molecule has 1 aromatic carbocycles. The topological polar surface area (TPSA) is 42.0 Å². The van der Waals surface area contributed by atoms with Crippen molar-refractivity contribution in [1.29, 1.82) is 0 Å². The van der Waals surface area contributed by atoms with Crippen LogP contribution in [-0.4, -0.2) is 10.9 Å². The van der Waals surface area contributed by atoms with Crippen LogP contribution in [0.25, 0.3) is 0 Å². The van der Waals surface area contributed by atoms with E-state index in [1.807, 2.05) is 0 Å². The molecule has 1 heterocycles. The number of rotatable bonds is 2. The third-order valence-corrected chi connectivity index (χ3v) is 2.94. The lowest BCUT2D eigenvalue weighted by atomic mass is 10.1. The number of carbonyl (C=O) groups is 1. The molecule has 1 aromatic heterocycles. The van der Waals surface area contributed by atoms with Gasteiger partial charge in [0.15, 0.2) is 0 Å². The summed E-state index contributed by atoms with van der Waals surface area (Å²) in [7, 11) is 0. The average molecular weight is 345 g/mol. The number of benzene rings is 1. The van der Waals surface area contributed by atoms with Gasteiger partial charge in [-0.1, -0.05) is 12.1 Å². The minimum absolute atomic E-state index is 0.171. The van der Waals surface area contributed by atoms with Crippen molar-refractivity contribution in [2.24, 2.45) is 0 Å². The second-order valence-electron chi connectivity index (χ2n) is 3.87. The van der Waals surface area contributed by atoms with Crippen molar-refractivity contribution >= 4 is 27.5 Å². The largest absolute Gasteiger partial charge is 0.418 e. The van der Waals surface area contributed by atoms with E-state index in [2.05, 4.69) is 26.2 Å². The Morgan fingerprint density at radius 3 is 2.45 bits per heavy atom. The number of halogens is 4. The summed E-state index contributed by atoms with van der Waals surface area (Å²) in [6.07, 6.45) is -3.25. The zero-order valence-electron chi connectivity index (χ0n) is 9.91. The standard InChI is InChI=1S/C13H8BrF3N2O/c14-11-6-5-8(7-18-11)12(20)19-10-4-2-1-3-9(10)13(15,16)17/h1-7H,(H,19,20). The zero-order valence-corrected chi connectivity index (χ0v) is 11.5. The Morgan fingerprint density at radius 1 is 1.15 bits per heavy atom. The molecule has 3 nitrogen and oxygen atoms in total. The van der Waals surface area contributed by atoms with Gasteiger partial charge in [0.2, 0.25) is 0 Å². The van der Waals surface area contributed by atoms with Gasteiger partial charge < -0.3 is 5.32 Å². The summed E-state index contributed by atoms with van der Waals surface area (Å²) in [6, 6.07) is 7.79. The molecule has 0 aliphatic rings. The van der Waals surface area contributed by atoms with Crippen molar-refractivity contribution in [3.05, 3.63) is 58.3 Å². The van der Waals surface area contributed by atoms with Gasteiger partial charge in [0.1, 0.15) is 4.60 Å². The Labute approximate surface area is 121 Å². The Hall–Kier alpha value is -1.89. The maximum Gasteiger partial charge on any atom is 0.418 e. The van der Waals surface area contributed by atoms with Gasteiger partial charge in [-0.2, -0.15) is 13.2 Å². The Bertz CT molecular complexity index is 626. The van der Waals surface area contributed by atoms with E-state index < -0.39 is 17.6 Å². The summed E-state index contributed by atoms with van der Waals surface area (Å²) in [5.74, 6) is -0.651. The fourth-order valence-electron chi connectivity index (χ4n) is 1.54. The molecule has 0 bridgehead atoms. The molecule has 0 radical (unpaired) electrons. The predicted molar refractivity (Wildman–Crippen MR) is 71.3 cm³/mol. The van der Waals surface area contributed by atoms with Gasteiger partial charge in [-0.3, -0.25) is 4.79 Å². The Balaban J connectivity index is 2.26. The molecule has 0 aliphatic carbocycles. The van der Waals surface area contributed by atoms with Crippen molar-refractivity contribution in [1.82, 2.24) is 4.98 Å². The molecule has 0 aliphatic heterocycles. The SMILES string of the molecule is O=C(Nc1ccccc1C(F)(F)F)c1ccc(Br)nc1. The maximum absolute atomic E-state index is 12.8. The molecule has 104 valence electrons. The number of nitrogens with zero attached hydrogens (tertiary/aromatic N) is 1. The van der Waals surface area contributed by atoms with E-state index in [4.69, 9.17) is 0 Å². The highest BCUT2D eigenvalue weighted by Gasteiger charge is 2.33. The van der Waals surface area contributed by atoms with Crippen LogP contribution >= 0.6 is 15.9 Å². The number of carbonyl (C=O) groups excluding carboxylic acids is 1. The number of alkyl halides is 3. The molecular formula is C13H8BrF3N2O. The van der Waals surface area contributed by atoms with E-state index in [9.17, 15) is 18.0 Å². The van der Waals surface area contributed by atoms with E-state index in [1.54, 1.807) is 0 Å². The highest BCUT2D eigenvalue weighted by molar-refractivity contribution is 9.10. The van der Waals surface area contributed by atoms with Crippen LogP contribution in [0.1, 0.15) is 15.9 Å². The van der Waals surface area contributed by atoms with Gasteiger partial charge in [-0.25, -0.2) is 4.98 Å². The second kappa shape index (κ2) is 5.62. The number of nitrogens with one attached hydrogen (secondary N) is 1. The molecule has 0 fully saturated rings. The number of hydrogen-bond donors (Lipinski definition) is 1. The minimum Gasteiger partial charge on any atom is -0.321 e. The Morgan fingerprint density at radius 2 is 1.85 bits per heavy atom. The van der Waals surface area contributed by atoms with Gasteiger partial charge in [-0.15, -0.1) is 0 Å². The van der Waals surface area contributed by atoms with Crippen molar-refractivity contribution in [3.63, 3.8) is 0 Å². The molecular weight excluding hydrogens is 337 g/mol. The first-order valence-corrected chi connectivity index (χ1v) is 6.26. The lowest BCUT2D eigenvalue weighted by molar-refractivity contribution is -0.136. The van der Waals surface area contributed by atoms with E-state index in [1.165, 1.54) is 36.5 Å². The van der Waals surface area contributed by atoms with Gasteiger partial charge in [0.25, 0.3) is 5.91 Å². The van der Waals surface area contributed by atoms with Crippen LogP contribution in [0.3, 0.4) is 0 Å². The fraction of sp³-hybridized carbons (Fsp3) is 0.0769. The van der Waals surface area contributed by atoms with E-state index in [0.717, 1.165) is 6.07 Å². The summed E-state index contributed by atoms with van der Waals surface area (Å²) in [5, 5.41) is 2.24. The van der Waals surface area contributed by atoms with Crippen LogP contribution < -0.4 is 5.32 Å². The lowest BCUT2D eigenvalue weighted by Crippen LogP contribution is -2.16. The number of hydrogen-bond acceptors (Lipinski definition) is 2. The second-order valence-corrected chi connectivity index (χ2v) is 4.68. The van der Waals surface area contributed by atoms with Crippen LogP contribution in [0.15, 0.2) is 47.2 Å². The summed E-state index contributed by atoms with van der Waals surface area (Å²) >= 11 is 3.11. The zero-order chi connectivity index (χ0) is 14.8. The van der Waals surface area contributed by atoms with Crippen LogP contribution in [-0.2, 0) is 6.18 Å². The number of para-hydroxylation sites is 1. The molecule has 2 rings (SSSR count). The molecule has 2 aromatic rings. The number of amides is 1. The van der Waals surface area contributed by atoms with Crippen LogP contribution in [0.5, 0.6) is 0 Å². The van der Waals surface area contributed by atoms with E-state index in [0.29, 0.717) is 4.60 Å². The van der Waals surface area contributed by atoms with Crippen molar-refractivity contribution in [2.45, 2.75) is 6.18 Å². The first kappa shape index (κ1) is 14.5. The molecule has 7 heteroatoms. The van der Waals surface area contributed by atoms with Gasteiger partial charge in [-0.05, 0) is 40.2 Å². The first-order valence-electron chi connectivity index (χ1n) is 5.47. The van der Waals surface area contributed by atoms with Crippen LogP contribution in [0.4, 0.5) is 18.9 Å². The smallest absolute Gasteiger partial charge is 0.321 e. The normalized spacial score (nSPS) is 11.2. The maximum atomic E-state index is 12.8. The van der Waals surface area contributed by atoms with Crippen molar-refractivity contribution in [2.75, 3.05) is 5.32 Å². The summed E-state index contributed by atoms with van der Waals surface area (Å²) in [6.45, 7) is 0. The highest BCUT2D eigenvalue weighted by Crippen LogP contribution is 2.34. The molecule has 0 unspecified atom stereocenters. The van der Waals surface area contributed by atoms with Crippen molar-refractivity contribution < 1.29 is 18.0 Å². The minimum atomic E-state index is -4.53. The van der Waals surface area contributed by atoms with E-state index in [-0.39, 0.29) is 11.3 Å². The average Bonchev–Trinajstić information content (AvgIpc) is 2.38. The lowest BCUT2D eigenvalue weighted by Gasteiger charge is -2.13. The number of anilines is 1. The van der Waals surface area contributed by atoms with Crippen molar-refractivity contribution in [3.8, 4) is 0 Å². The number of aromatic nitrogens is 1.